The summed E-state index contributed by atoms with van der Waals surface area (Å²) in [5, 5.41) is 1.68. The highest BCUT2D eigenvalue weighted by atomic mass is 16.5. The number of allylic oxidation sites excluding steroid dienone is 5. The van der Waals surface area contributed by atoms with Gasteiger partial charge in [0.2, 0.25) is 0 Å². The molecule has 146 valence electrons. The lowest BCUT2D eigenvalue weighted by Gasteiger charge is -2.10. The molecule has 0 saturated carbocycles. The van der Waals surface area contributed by atoms with E-state index in [1.165, 1.54) is 6.34 Å². The van der Waals surface area contributed by atoms with Gasteiger partial charge in [0.25, 0.3) is 0 Å². The van der Waals surface area contributed by atoms with Crippen molar-refractivity contribution in [2.75, 3.05) is 0 Å². The molecule has 1 aromatic rings. The second-order valence-corrected chi connectivity index (χ2v) is 6.58. The molecule has 0 amide bonds. The van der Waals surface area contributed by atoms with Crippen molar-refractivity contribution in [1.82, 2.24) is 0 Å². The summed E-state index contributed by atoms with van der Waals surface area (Å²) in [4.78, 5) is 8.80. The van der Waals surface area contributed by atoms with Gasteiger partial charge in [0.1, 0.15) is 23.6 Å². The van der Waals surface area contributed by atoms with Gasteiger partial charge in [0.05, 0.1) is 0 Å². The molecule has 0 atom stereocenters. The number of rotatable bonds is 1. The Hall–Kier alpha value is -3.72. The van der Waals surface area contributed by atoms with E-state index in [4.69, 9.17) is 4.74 Å². The lowest BCUT2D eigenvalue weighted by atomic mass is 10.1. The minimum atomic E-state index is 0.350. The van der Waals surface area contributed by atoms with E-state index in [-0.39, 0.29) is 0 Å². The fraction of sp³-hybridized carbons (Fsp3) is 0.0769. The summed E-state index contributed by atoms with van der Waals surface area (Å²) in [6.45, 7) is 22.1. The highest BCUT2D eigenvalue weighted by molar-refractivity contribution is 6.13. The summed E-state index contributed by atoms with van der Waals surface area (Å²) < 4.78 is 5.79. The van der Waals surface area contributed by atoms with Gasteiger partial charge >= 0.3 is 0 Å². The van der Waals surface area contributed by atoms with Crippen LogP contribution in [0.1, 0.15) is 17.5 Å². The van der Waals surface area contributed by atoms with Gasteiger partial charge < -0.3 is 4.74 Å². The van der Waals surface area contributed by atoms with Crippen LogP contribution in [0.5, 0.6) is 0 Å². The first-order valence-electron chi connectivity index (χ1n) is 9.17. The molecule has 1 aliphatic heterocycles. The van der Waals surface area contributed by atoms with Crippen LogP contribution in [-0.2, 0) is 4.74 Å². The number of hydrogen-bond donors (Lipinski definition) is 0. The molecule has 2 rings (SSSR count). The van der Waals surface area contributed by atoms with Gasteiger partial charge in [-0.25, -0.2) is 9.98 Å². The first-order valence-corrected chi connectivity index (χ1v) is 9.17. The second-order valence-electron chi connectivity index (χ2n) is 6.58. The Balaban J connectivity index is 2.67. The van der Waals surface area contributed by atoms with Crippen LogP contribution in [0.2, 0.25) is 0 Å². The van der Waals surface area contributed by atoms with E-state index in [0.29, 0.717) is 29.3 Å². The quantitative estimate of drug-likeness (QED) is 0.685. The minimum absolute atomic E-state index is 0.350. The smallest absolute Gasteiger partial charge is 0.146 e. The SMILES string of the molecule is C=C1C/C=C\C=C/C(=C)OC(=C)/C(c2ccc(=C)ccc(C)cc(=C)c2)=N\C=N/1. The normalized spacial score (nSPS) is 19.9. The van der Waals surface area contributed by atoms with Crippen LogP contribution in [0.3, 0.4) is 0 Å². The van der Waals surface area contributed by atoms with Crippen molar-refractivity contribution >= 4 is 25.2 Å². The summed E-state index contributed by atoms with van der Waals surface area (Å²) in [5.41, 5.74) is 3.05. The number of aliphatic imine (C=N–C) groups is 2. The average Bonchev–Trinajstić information content (AvgIpc) is 2.66. The van der Waals surface area contributed by atoms with E-state index < -0.39 is 0 Å². The van der Waals surface area contributed by atoms with Gasteiger partial charge in [0, 0.05) is 17.7 Å². The molecule has 1 heterocycles. The Bertz CT molecular complexity index is 1100. The Labute approximate surface area is 172 Å². The minimum Gasteiger partial charge on any atom is -0.456 e. The van der Waals surface area contributed by atoms with Gasteiger partial charge in [0.15, 0.2) is 0 Å². The van der Waals surface area contributed by atoms with Crippen molar-refractivity contribution < 1.29 is 4.74 Å². The second kappa shape index (κ2) is 10.6. The Kier molecular flexibility index (Phi) is 7.87. The van der Waals surface area contributed by atoms with Crippen LogP contribution >= 0.6 is 0 Å². The summed E-state index contributed by atoms with van der Waals surface area (Å²) >= 11 is 0. The third kappa shape index (κ3) is 7.43. The zero-order valence-electron chi connectivity index (χ0n) is 16.9. The van der Waals surface area contributed by atoms with Crippen LogP contribution in [0.25, 0.3) is 13.2 Å². The topological polar surface area (TPSA) is 34.0 Å². The summed E-state index contributed by atoms with van der Waals surface area (Å²) in [6, 6.07) is 11.6. The van der Waals surface area contributed by atoms with Crippen molar-refractivity contribution in [3.05, 3.63) is 119 Å². The summed E-state index contributed by atoms with van der Waals surface area (Å²) in [5.74, 6) is 0.802. The third-order valence-corrected chi connectivity index (χ3v) is 3.89. The number of nitrogens with zero attached hydrogens (tertiary/aromatic N) is 2. The highest BCUT2D eigenvalue weighted by Crippen LogP contribution is 2.13. The molecule has 3 heteroatoms. The molecule has 0 saturated heterocycles. The molecule has 0 unspecified atom stereocenters. The maximum atomic E-state index is 5.79. The van der Waals surface area contributed by atoms with Crippen molar-refractivity contribution in [3.63, 3.8) is 0 Å². The molecule has 0 bridgehead atoms. The molecular formula is C26H26N2O. The fourth-order valence-electron chi connectivity index (χ4n) is 2.48. The molecule has 0 fully saturated rings. The van der Waals surface area contributed by atoms with E-state index in [2.05, 4.69) is 42.9 Å². The summed E-state index contributed by atoms with van der Waals surface area (Å²) in [6.07, 6.45) is 9.52. The maximum absolute atomic E-state index is 5.79. The molecule has 0 N–H and O–H groups in total. The van der Waals surface area contributed by atoms with Gasteiger partial charge in [-0.15, -0.1) is 0 Å². The molecule has 1 aromatic carbocycles. The van der Waals surface area contributed by atoms with E-state index >= 15 is 0 Å². The maximum Gasteiger partial charge on any atom is 0.146 e. The van der Waals surface area contributed by atoms with Crippen molar-refractivity contribution in [2.24, 2.45) is 9.98 Å². The van der Waals surface area contributed by atoms with E-state index in [9.17, 15) is 0 Å². The van der Waals surface area contributed by atoms with Crippen LogP contribution in [0, 0.1) is 6.92 Å². The van der Waals surface area contributed by atoms with Crippen molar-refractivity contribution in [1.29, 1.82) is 0 Å². The number of hydrogen-bond acceptors (Lipinski definition) is 3. The van der Waals surface area contributed by atoms with Gasteiger partial charge in [-0.2, -0.15) is 0 Å². The third-order valence-electron chi connectivity index (χ3n) is 3.89. The molecule has 29 heavy (non-hydrogen) atoms. The lowest BCUT2D eigenvalue weighted by Crippen LogP contribution is -2.10. The van der Waals surface area contributed by atoms with Gasteiger partial charge in [-0.05, 0) is 29.5 Å². The van der Waals surface area contributed by atoms with E-state index in [0.717, 1.165) is 21.6 Å². The van der Waals surface area contributed by atoms with Gasteiger partial charge in [-0.3, -0.25) is 0 Å². The molecule has 0 aliphatic carbocycles. The Morgan fingerprint density at radius 3 is 2.45 bits per heavy atom. The van der Waals surface area contributed by atoms with Crippen LogP contribution in [-0.4, -0.2) is 12.1 Å². The first kappa shape index (κ1) is 21.6. The van der Waals surface area contributed by atoms with Crippen LogP contribution < -0.4 is 10.4 Å². The van der Waals surface area contributed by atoms with Crippen LogP contribution in [0.4, 0.5) is 0 Å². The number of ether oxygens (including phenoxy) is 1. The Morgan fingerprint density at radius 1 is 0.897 bits per heavy atom. The molecule has 1 aliphatic rings. The largest absolute Gasteiger partial charge is 0.456 e. The molecule has 3 nitrogen and oxygen atoms in total. The molecule has 0 aromatic heterocycles. The standard InChI is InChI=1S/C26H26N2O/c1-19-12-13-20(2)16-21(3)17-25(15-14-19)26-24(6)29-23(5)11-9-7-8-10-22(4)27-18-28-26/h7-9,11-18H,1,3-6,10H2,2H3/b8-7-,11-9-,13-12?,15-14?,20-16?,25-17?,27-18-,28-26+. The first-order chi connectivity index (χ1) is 13.8. The molecule has 0 spiro atoms. The fourth-order valence-corrected chi connectivity index (χ4v) is 2.48. The zero-order chi connectivity index (χ0) is 21.2. The lowest BCUT2D eigenvalue weighted by molar-refractivity contribution is 0.349. The van der Waals surface area contributed by atoms with E-state index in [1.54, 1.807) is 6.08 Å². The van der Waals surface area contributed by atoms with Crippen molar-refractivity contribution in [2.45, 2.75) is 13.3 Å². The number of aryl methyl sites for hydroxylation is 1. The monoisotopic (exact) mass is 382 g/mol. The Morgan fingerprint density at radius 2 is 1.66 bits per heavy atom. The highest BCUT2D eigenvalue weighted by Gasteiger charge is 2.10. The molecule has 0 radical (unpaired) electrons. The average molecular weight is 383 g/mol. The van der Waals surface area contributed by atoms with Gasteiger partial charge in [-0.1, -0.05) is 87.0 Å². The van der Waals surface area contributed by atoms with Crippen molar-refractivity contribution in [3.8, 4) is 0 Å². The predicted molar refractivity (Wildman–Crippen MR) is 126 cm³/mol. The molecular weight excluding hydrogens is 356 g/mol. The van der Waals surface area contributed by atoms with E-state index in [1.807, 2.05) is 61.5 Å². The predicted octanol–water partition coefficient (Wildman–Crippen LogP) is 4.83. The zero-order valence-corrected chi connectivity index (χ0v) is 16.9. The van der Waals surface area contributed by atoms with Crippen LogP contribution in [0.15, 0.2) is 108 Å². The summed E-state index contributed by atoms with van der Waals surface area (Å²) in [7, 11) is 0.